The minimum Gasteiger partial charge on any atom is -0.390 e. The molecule has 0 saturated heterocycles. The van der Waals surface area contributed by atoms with Crippen LogP contribution in [0.2, 0.25) is 0 Å². The van der Waals surface area contributed by atoms with Gasteiger partial charge in [-0.25, -0.2) is 8.96 Å². The van der Waals surface area contributed by atoms with E-state index in [-0.39, 0.29) is 19.2 Å². The quantitative estimate of drug-likeness (QED) is 0.389. The van der Waals surface area contributed by atoms with Crippen LogP contribution in [-0.2, 0) is 11.3 Å². The molecule has 0 unspecified atom stereocenters. The largest absolute Gasteiger partial charge is 0.434 e. The van der Waals surface area contributed by atoms with Crippen molar-refractivity contribution in [3.8, 4) is 0 Å². The second kappa shape index (κ2) is 5.28. The molecule has 1 aromatic rings. The molecule has 6 nitrogen and oxygen atoms in total. The molecule has 1 rings (SSSR count). The van der Waals surface area contributed by atoms with Crippen molar-refractivity contribution >= 4 is 5.95 Å². The molecule has 0 aliphatic heterocycles. The van der Waals surface area contributed by atoms with Crippen LogP contribution < -0.4 is 0 Å². The molecule has 0 saturated carbocycles. The van der Waals surface area contributed by atoms with Crippen LogP contribution in [-0.4, -0.2) is 34.4 Å². The smallest absolute Gasteiger partial charge is 0.390 e. The summed E-state index contributed by atoms with van der Waals surface area (Å²) in [6.45, 7) is 0.00590. The van der Waals surface area contributed by atoms with E-state index >= 15 is 0 Å². The van der Waals surface area contributed by atoms with Crippen molar-refractivity contribution in [1.29, 1.82) is 0 Å². The molecule has 0 bridgehead atoms. The summed E-state index contributed by atoms with van der Waals surface area (Å²) < 4.78 is 17.8. The fraction of sp³-hybridized carbons (Fsp3) is 0.571. The van der Waals surface area contributed by atoms with Gasteiger partial charge in [0.15, 0.2) is 0 Å². The van der Waals surface area contributed by atoms with Crippen molar-refractivity contribution in [1.82, 2.24) is 9.55 Å². The maximum Gasteiger partial charge on any atom is 0.434 e. The van der Waals surface area contributed by atoms with Crippen LogP contribution in [0.15, 0.2) is 12.4 Å². The summed E-state index contributed by atoms with van der Waals surface area (Å²) in [5.41, 5.74) is 0. The zero-order valence-corrected chi connectivity index (χ0v) is 7.43. The van der Waals surface area contributed by atoms with Gasteiger partial charge in [-0.1, -0.05) is 4.98 Å². The van der Waals surface area contributed by atoms with Gasteiger partial charge in [0.25, 0.3) is 0 Å². The van der Waals surface area contributed by atoms with Gasteiger partial charge >= 0.3 is 5.95 Å². The van der Waals surface area contributed by atoms with Crippen molar-refractivity contribution in [2.75, 3.05) is 19.9 Å². The molecule has 0 N–H and O–H groups in total. The lowest BCUT2D eigenvalue weighted by Crippen LogP contribution is -2.09. The fourth-order valence-electron chi connectivity index (χ4n) is 0.967. The first kappa shape index (κ1) is 10.6. The van der Waals surface area contributed by atoms with Crippen LogP contribution in [0.4, 0.5) is 10.3 Å². The Hall–Kier alpha value is -1.50. The number of nitrogens with zero attached hydrogens (tertiary/aromatic N) is 3. The van der Waals surface area contributed by atoms with Crippen LogP contribution in [0.5, 0.6) is 0 Å². The van der Waals surface area contributed by atoms with Crippen molar-refractivity contribution in [3.05, 3.63) is 22.5 Å². The normalized spacial score (nSPS) is 10.4. The predicted octanol–water partition coefficient (Wildman–Crippen LogP) is 0.777. The number of hydrogen-bond donors (Lipinski definition) is 0. The molecule has 0 atom stereocenters. The van der Waals surface area contributed by atoms with Crippen LogP contribution >= 0.6 is 0 Å². The van der Waals surface area contributed by atoms with Gasteiger partial charge in [0.05, 0.1) is 19.8 Å². The van der Waals surface area contributed by atoms with E-state index in [0.29, 0.717) is 6.54 Å². The fourth-order valence-corrected chi connectivity index (χ4v) is 0.967. The third kappa shape index (κ3) is 2.77. The Morgan fingerprint density at radius 2 is 2.43 bits per heavy atom. The molecular weight excluding hydrogens is 193 g/mol. The molecular formula is C7H10FN3O3. The molecule has 0 spiro atoms. The van der Waals surface area contributed by atoms with E-state index in [0.717, 1.165) is 0 Å². The molecule has 7 heteroatoms. The second-order valence-electron chi connectivity index (χ2n) is 2.48. The maximum atomic E-state index is 11.6. The number of rotatable bonds is 6. The summed E-state index contributed by atoms with van der Waals surface area (Å²) in [7, 11) is 0. The lowest BCUT2D eigenvalue weighted by atomic mass is 10.6. The van der Waals surface area contributed by atoms with E-state index in [1.807, 2.05) is 0 Å². The molecule has 1 aromatic heterocycles. The maximum absolute atomic E-state index is 11.6. The average Bonchev–Trinajstić information content (AvgIpc) is 2.60. The van der Waals surface area contributed by atoms with Gasteiger partial charge in [-0.3, -0.25) is 0 Å². The molecule has 0 aromatic carbocycles. The highest BCUT2D eigenvalue weighted by Crippen LogP contribution is 2.06. The lowest BCUT2D eigenvalue weighted by molar-refractivity contribution is -0.396. The SMILES string of the molecule is O=[N+]([O-])c1nccn1CCOCCF. The van der Waals surface area contributed by atoms with E-state index in [1.165, 1.54) is 17.0 Å². The van der Waals surface area contributed by atoms with Gasteiger partial charge in [0.1, 0.15) is 19.1 Å². The average molecular weight is 203 g/mol. The van der Waals surface area contributed by atoms with Gasteiger partial charge in [0, 0.05) is 0 Å². The lowest BCUT2D eigenvalue weighted by Gasteiger charge is -2.01. The number of nitro groups is 1. The van der Waals surface area contributed by atoms with E-state index < -0.39 is 11.6 Å². The van der Waals surface area contributed by atoms with Crippen molar-refractivity contribution in [2.45, 2.75) is 6.54 Å². The number of imidazole rings is 1. The van der Waals surface area contributed by atoms with E-state index in [1.54, 1.807) is 0 Å². The molecule has 0 aliphatic carbocycles. The van der Waals surface area contributed by atoms with Gasteiger partial charge in [-0.05, 0) is 4.92 Å². The number of halogens is 1. The van der Waals surface area contributed by atoms with Crippen LogP contribution in [0, 0.1) is 10.1 Å². The first-order valence-corrected chi connectivity index (χ1v) is 4.05. The Kier molecular flexibility index (Phi) is 3.99. The number of hydrogen-bond acceptors (Lipinski definition) is 4. The predicted molar refractivity (Wildman–Crippen MR) is 45.7 cm³/mol. The van der Waals surface area contributed by atoms with Crippen molar-refractivity contribution in [3.63, 3.8) is 0 Å². The van der Waals surface area contributed by atoms with E-state index in [9.17, 15) is 14.5 Å². The molecule has 0 aliphatic rings. The third-order valence-electron chi connectivity index (χ3n) is 1.55. The number of aromatic nitrogens is 2. The summed E-state index contributed by atoms with van der Waals surface area (Å²) in [5, 5.41) is 10.4. The second-order valence-corrected chi connectivity index (χ2v) is 2.48. The monoisotopic (exact) mass is 203 g/mol. The van der Waals surface area contributed by atoms with Gasteiger partial charge in [-0.2, -0.15) is 0 Å². The first-order valence-electron chi connectivity index (χ1n) is 4.05. The summed E-state index contributed by atoms with van der Waals surface area (Å²) >= 11 is 0. The molecule has 14 heavy (non-hydrogen) atoms. The standard InChI is InChI=1S/C7H10FN3O3/c8-1-5-14-6-4-10-3-2-9-7(10)11(12)13/h2-3H,1,4-6H2. The summed E-state index contributed by atoms with van der Waals surface area (Å²) in [5.74, 6) is -0.228. The molecule has 0 fully saturated rings. The number of ether oxygens (including phenoxy) is 1. The molecule has 0 amide bonds. The molecule has 78 valence electrons. The Labute approximate surface area is 79.5 Å². The zero-order valence-electron chi connectivity index (χ0n) is 7.43. The zero-order chi connectivity index (χ0) is 10.4. The summed E-state index contributed by atoms with van der Waals surface area (Å²) in [6, 6.07) is 0. The number of alkyl halides is 1. The highest BCUT2D eigenvalue weighted by molar-refractivity contribution is 5.06. The summed E-state index contributed by atoms with van der Waals surface area (Å²) in [6.07, 6.45) is 2.82. The van der Waals surface area contributed by atoms with Crippen LogP contribution in [0.25, 0.3) is 0 Å². The first-order chi connectivity index (χ1) is 6.75. The third-order valence-corrected chi connectivity index (χ3v) is 1.55. The van der Waals surface area contributed by atoms with Gasteiger partial charge in [0.2, 0.25) is 0 Å². The van der Waals surface area contributed by atoms with Gasteiger partial charge in [-0.15, -0.1) is 0 Å². The molecule has 0 radical (unpaired) electrons. The highest BCUT2D eigenvalue weighted by atomic mass is 19.1. The Balaban J connectivity index is 2.42. The Morgan fingerprint density at radius 3 is 3.07 bits per heavy atom. The Morgan fingerprint density at radius 1 is 1.64 bits per heavy atom. The Bertz CT molecular complexity index is 302. The van der Waals surface area contributed by atoms with Gasteiger partial charge < -0.3 is 14.9 Å². The highest BCUT2D eigenvalue weighted by Gasteiger charge is 2.12. The van der Waals surface area contributed by atoms with Crippen LogP contribution in [0.3, 0.4) is 0 Å². The van der Waals surface area contributed by atoms with Crippen molar-refractivity contribution in [2.24, 2.45) is 0 Å². The van der Waals surface area contributed by atoms with Crippen molar-refractivity contribution < 1.29 is 14.1 Å². The van der Waals surface area contributed by atoms with Crippen LogP contribution in [0.1, 0.15) is 0 Å². The minimum atomic E-state index is -0.574. The van der Waals surface area contributed by atoms with E-state index in [2.05, 4.69) is 4.98 Å². The summed E-state index contributed by atoms with van der Waals surface area (Å²) in [4.78, 5) is 13.4. The van der Waals surface area contributed by atoms with E-state index in [4.69, 9.17) is 4.74 Å². The minimum absolute atomic E-state index is 0.0164. The topological polar surface area (TPSA) is 70.2 Å². The molecule has 1 heterocycles.